The third-order valence-corrected chi connectivity index (χ3v) is 4.76. The van der Waals surface area contributed by atoms with Gasteiger partial charge in [-0.3, -0.25) is 9.59 Å². The Kier molecular flexibility index (Phi) is 5.73. The fraction of sp³-hybridized carbons (Fsp3) is 0.533. The molecule has 1 aliphatic rings. The van der Waals surface area contributed by atoms with Crippen molar-refractivity contribution in [2.24, 2.45) is 0 Å². The first kappa shape index (κ1) is 17.4. The van der Waals surface area contributed by atoms with Gasteiger partial charge in [0, 0.05) is 11.4 Å². The summed E-state index contributed by atoms with van der Waals surface area (Å²) in [6.45, 7) is 1.48. The Hall–Kier alpha value is -1.93. The van der Waals surface area contributed by atoms with E-state index in [1.807, 2.05) is 0 Å². The summed E-state index contributed by atoms with van der Waals surface area (Å²) < 4.78 is 4.81. The summed E-state index contributed by atoms with van der Waals surface area (Å²) in [5.41, 5.74) is 1.26. The second-order valence-corrected chi connectivity index (χ2v) is 6.52. The number of carbonyl (C=O) groups excluding carboxylic acids is 3. The quantitative estimate of drug-likeness (QED) is 0.557. The topological polar surface area (TPSA) is 105 Å². The molecule has 23 heavy (non-hydrogen) atoms. The van der Waals surface area contributed by atoms with E-state index in [0.29, 0.717) is 10.6 Å². The Balaban J connectivity index is 2.19. The molecular formula is C15H20N2O5S. The van der Waals surface area contributed by atoms with Crippen LogP contribution < -0.4 is 10.6 Å². The van der Waals surface area contributed by atoms with Crippen LogP contribution in [0.4, 0.5) is 5.00 Å². The van der Waals surface area contributed by atoms with Crippen molar-refractivity contribution in [3.63, 3.8) is 0 Å². The number of esters is 1. The molecule has 0 saturated carbocycles. The molecular weight excluding hydrogens is 320 g/mol. The minimum atomic E-state index is -0.866. The van der Waals surface area contributed by atoms with Gasteiger partial charge < -0.3 is 20.5 Å². The van der Waals surface area contributed by atoms with Gasteiger partial charge in [-0.2, -0.15) is 0 Å². The van der Waals surface area contributed by atoms with Crippen LogP contribution in [0.5, 0.6) is 0 Å². The molecule has 2 amide bonds. The van der Waals surface area contributed by atoms with E-state index in [-0.39, 0.29) is 6.54 Å². The zero-order valence-electron chi connectivity index (χ0n) is 13.1. The average Bonchev–Trinajstić information content (AvgIpc) is 2.89. The van der Waals surface area contributed by atoms with Crippen LogP contribution in [-0.4, -0.2) is 42.6 Å². The molecule has 1 aliphatic carbocycles. The number of hydrogen-bond acceptors (Lipinski definition) is 6. The maximum absolute atomic E-state index is 12.0. The third-order valence-electron chi connectivity index (χ3n) is 3.55. The number of aliphatic hydroxyl groups excluding tert-OH is 1. The highest BCUT2D eigenvalue weighted by molar-refractivity contribution is 7.17. The zero-order valence-corrected chi connectivity index (χ0v) is 13.9. The first-order valence-corrected chi connectivity index (χ1v) is 8.25. The lowest BCUT2D eigenvalue weighted by Crippen LogP contribution is -2.38. The van der Waals surface area contributed by atoms with Gasteiger partial charge in [0.25, 0.3) is 0 Å². The van der Waals surface area contributed by atoms with Crippen LogP contribution in [0.3, 0.4) is 0 Å². The largest absolute Gasteiger partial charge is 0.465 e. The number of aryl methyl sites for hydroxylation is 1. The molecule has 0 spiro atoms. The summed E-state index contributed by atoms with van der Waals surface area (Å²) in [5, 5.41) is 14.3. The molecule has 0 unspecified atom stereocenters. The molecule has 0 fully saturated rings. The first-order valence-electron chi connectivity index (χ1n) is 7.44. The van der Waals surface area contributed by atoms with Gasteiger partial charge in [0.2, 0.25) is 0 Å². The van der Waals surface area contributed by atoms with Crippen molar-refractivity contribution in [2.75, 3.05) is 19.0 Å². The van der Waals surface area contributed by atoms with Crippen LogP contribution in [0.1, 0.15) is 40.6 Å². The molecule has 0 saturated heterocycles. The highest BCUT2D eigenvalue weighted by Gasteiger charge is 2.28. The molecule has 1 aromatic heterocycles. The van der Waals surface area contributed by atoms with Crippen molar-refractivity contribution < 1.29 is 24.2 Å². The number of nitrogens with one attached hydrogen (secondary N) is 2. The van der Waals surface area contributed by atoms with Gasteiger partial charge in [-0.05, 0) is 38.2 Å². The molecule has 7 nitrogen and oxygen atoms in total. The molecule has 0 aromatic carbocycles. The lowest BCUT2D eigenvalue weighted by molar-refractivity contribution is -0.136. The number of aliphatic hydroxyl groups is 1. The Labute approximate surface area is 138 Å². The predicted molar refractivity (Wildman–Crippen MR) is 85.6 cm³/mol. The van der Waals surface area contributed by atoms with E-state index in [4.69, 9.17) is 9.84 Å². The van der Waals surface area contributed by atoms with Crippen LogP contribution >= 0.6 is 11.3 Å². The molecule has 1 heterocycles. The van der Waals surface area contributed by atoms with E-state index in [0.717, 1.165) is 36.1 Å². The smallest absolute Gasteiger partial charge is 0.341 e. The maximum Gasteiger partial charge on any atom is 0.341 e. The lowest BCUT2D eigenvalue weighted by atomic mass is 9.95. The Morgan fingerprint density at radius 1 is 1.26 bits per heavy atom. The van der Waals surface area contributed by atoms with Gasteiger partial charge in [-0.1, -0.05) is 0 Å². The molecule has 3 N–H and O–H groups in total. The minimum Gasteiger partial charge on any atom is -0.465 e. The fourth-order valence-electron chi connectivity index (χ4n) is 2.45. The highest BCUT2D eigenvalue weighted by Crippen LogP contribution is 2.38. The zero-order chi connectivity index (χ0) is 17.0. The van der Waals surface area contributed by atoms with Crippen LogP contribution in [0.25, 0.3) is 0 Å². The monoisotopic (exact) mass is 340 g/mol. The van der Waals surface area contributed by atoms with Crippen molar-refractivity contribution >= 4 is 34.1 Å². The minimum absolute atomic E-state index is 0.0168. The second-order valence-electron chi connectivity index (χ2n) is 5.42. The standard InChI is InChI=1S/C15H20N2O5S/c1-8(18)7-16-12(19)13(20)17-14-11(15(21)22-2)9-5-3-4-6-10(9)23-14/h8,18H,3-7H2,1-2H3,(H,16,19)(H,17,20)/t8-/m0/s1. The van der Waals surface area contributed by atoms with Crippen molar-refractivity contribution in [1.82, 2.24) is 5.32 Å². The summed E-state index contributed by atoms with van der Waals surface area (Å²) in [6, 6.07) is 0. The number of methoxy groups -OCH3 is 1. The lowest BCUT2D eigenvalue weighted by Gasteiger charge is -2.11. The van der Waals surface area contributed by atoms with E-state index in [9.17, 15) is 14.4 Å². The van der Waals surface area contributed by atoms with Gasteiger partial charge in [0.15, 0.2) is 0 Å². The van der Waals surface area contributed by atoms with Crippen molar-refractivity contribution in [3.05, 3.63) is 16.0 Å². The maximum atomic E-state index is 12.0. The summed E-state index contributed by atoms with van der Waals surface area (Å²) in [4.78, 5) is 36.7. The Morgan fingerprint density at radius 2 is 1.96 bits per heavy atom. The predicted octanol–water partition coefficient (Wildman–Crippen LogP) is 0.849. The van der Waals surface area contributed by atoms with Gasteiger partial charge >= 0.3 is 17.8 Å². The van der Waals surface area contributed by atoms with Crippen molar-refractivity contribution in [1.29, 1.82) is 0 Å². The van der Waals surface area contributed by atoms with Crippen LogP contribution in [-0.2, 0) is 27.2 Å². The van der Waals surface area contributed by atoms with Gasteiger partial charge in [0.1, 0.15) is 5.00 Å². The van der Waals surface area contributed by atoms with E-state index in [2.05, 4.69) is 10.6 Å². The van der Waals surface area contributed by atoms with Gasteiger partial charge in [0.05, 0.1) is 18.8 Å². The van der Waals surface area contributed by atoms with E-state index in [1.54, 1.807) is 0 Å². The summed E-state index contributed by atoms with van der Waals surface area (Å²) in [7, 11) is 1.29. The van der Waals surface area contributed by atoms with Crippen LogP contribution in [0, 0.1) is 0 Å². The third kappa shape index (κ3) is 4.08. The van der Waals surface area contributed by atoms with Gasteiger partial charge in [-0.15, -0.1) is 11.3 Å². The number of thiophene rings is 1. The molecule has 1 atom stereocenters. The Morgan fingerprint density at radius 3 is 2.61 bits per heavy atom. The number of fused-ring (bicyclic) bond motifs is 1. The molecule has 8 heteroatoms. The highest BCUT2D eigenvalue weighted by atomic mass is 32.1. The van der Waals surface area contributed by atoms with Crippen molar-refractivity contribution in [3.8, 4) is 0 Å². The molecule has 2 rings (SSSR count). The fourth-order valence-corrected chi connectivity index (χ4v) is 3.72. The first-order chi connectivity index (χ1) is 10.9. The summed E-state index contributed by atoms with van der Waals surface area (Å²) >= 11 is 1.31. The van der Waals surface area contributed by atoms with Gasteiger partial charge in [-0.25, -0.2) is 4.79 Å². The van der Waals surface area contributed by atoms with Crippen molar-refractivity contribution in [2.45, 2.75) is 38.7 Å². The number of carbonyl (C=O) groups is 3. The van der Waals surface area contributed by atoms with E-state index < -0.39 is 23.9 Å². The van der Waals surface area contributed by atoms with E-state index >= 15 is 0 Å². The second kappa shape index (κ2) is 7.56. The normalized spacial score (nSPS) is 14.6. The molecule has 0 radical (unpaired) electrons. The van der Waals surface area contributed by atoms with E-state index in [1.165, 1.54) is 25.4 Å². The molecule has 0 bridgehead atoms. The van der Waals surface area contributed by atoms with Crippen LogP contribution in [0.15, 0.2) is 0 Å². The van der Waals surface area contributed by atoms with Crippen LogP contribution in [0.2, 0.25) is 0 Å². The average molecular weight is 340 g/mol. The number of amides is 2. The molecule has 126 valence electrons. The number of anilines is 1. The number of ether oxygens (including phenoxy) is 1. The Bertz CT molecular complexity index is 624. The number of rotatable bonds is 4. The molecule has 0 aliphatic heterocycles. The SMILES string of the molecule is COC(=O)c1c(NC(=O)C(=O)NC[C@H](C)O)sc2c1CCCC2. The summed E-state index contributed by atoms with van der Waals surface area (Å²) in [6.07, 6.45) is 2.90. The molecule has 1 aromatic rings. The number of hydrogen-bond donors (Lipinski definition) is 3. The summed E-state index contributed by atoms with van der Waals surface area (Å²) in [5.74, 6) is -2.23.